The molecule has 1 atom stereocenters. The van der Waals surface area contributed by atoms with Gasteiger partial charge in [0.25, 0.3) is 0 Å². The van der Waals surface area contributed by atoms with Crippen molar-refractivity contribution in [3.8, 4) is 17.0 Å². The van der Waals surface area contributed by atoms with Crippen molar-refractivity contribution in [3.63, 3.8) is 0 Å². The molecule has 0 aliphatic rings. The number of aromatic nitrogens is 2. The van der Waals surface area contributed by atoms with E-state index in [1.165, 1.54) is 11.3 Å². The molecule has 0 saturated heterocycles. The van der Waals surface area contributed by atoms with Gasteiger partial charge in [-0.3, -0.25) is 10.1 Å². The number of rotatable bonds is 7. The van der Waals surface area contributed by atoms with Crippen molar-refractivity contribution in [2.24, 2.45) is 5.73 Å². The summed E-state index contributed by atoms with van der Waals surface area (Å²) in [6, 6.07) is 22.4. The maximum absolute atomic E-state index is 12.5. The van der Waals surface area contributed by atoms with Crippen LogP contribution in [0.2, 0.25) is 0 Å². The monoisotopic (exact) mass is 459 g/mol. The molecule has 1 unspecified atom stereocenters. The number of ether oxygens (including phenoxy) is 1. The Morgan fingerprint density at radius 1 is 0.909 bits per heavy atom. The van der Waals surface area contributed by atoms with E-state index in [0.717, 1.165) is 10.4 Å². The van der Waals surface area contributed by atoms with Crippen LogP contribution in [0.4, 0.5) is 16.3 Å². The fraction of sp³-hybridized carbons (Fsp3) is 0.0833. The fourth-order valence-electron chi connectivity index (χ4n) is 3.04. The molecule has 33 heavy (non-hydrogen) atoms. The van der Waals surface area contributed by atoms with Crippen molar-refractivity contribution in [1.82, 2.24) is 10.2 Å². The first kappa shape index (κ1) is 22.1. The van der Waals surface area contributed by atoms with Gasteiger partial charge >= 0.3 is 12.0 Å². The third-order valence-corrected chi connectivity index (χ3v) is 5.63. The average Bonchev–Trinajstić information content (AvgIpc) is 3.37. The molecule has 0 fully saturated rings. The lowest BCUT2D eigenvalue weighted by Gasteiger charge is -2.13. The minimum Gasteiger partial charge on any atom is -0.424 e. The quantitative estimate of drug-likeness (QED) is 0.269. The molecule has 4 N–H and O–H groups in total. The lowest BCUT2D eigenvalue weighted by Crippen LogP contribution is -2.22. The van der Waals surface area contributed by atoms with Gasteiger partial charge in [0.05, 0.1) is 17.8 Å². The Kier molecular flexibility index (Phi) is 7.03. The van der Waals surface area contributed by atoms with Crippen LogP contribution in [-0.4, -0.2) is 22.2 Å². The number of esters is 1. The number of carbonyl (C=O) groups excluding carboxylic acids is 2. The van der Waals surface area contributed by atoms with E-state index in [9.17, 15) is 9.59 Å². The molecule has 0 aliphatic heterocycles. The highest BCUT2D eigenvalue weighted by Crippen LogP contribution is 2.26. The number of carbonyl (C=O) groups is 2. The Balaban J connectivity index is 1.36. The summed E-state index contributed by atoms with van der Waals surface area (Å²) in [5, 5.41) is 15.4. The SMILES string of the molecule is NC(CC(=O)Oc1ccccc1NC(=O)Nc1ccc(-c2ccccc2)nn1)c1cccs1. The molecule has 0 bridgehead atoms. The smallest absolute Gasteiger partial charge is 0.325 e. The highest BCUT2D eigenvalue weighted by molar-refractivity contribution is 7.10. The van der Waals surface area contributed by atoms with E-state index in [2.05, 4.69) is 20.8 Å². The van der Waals surface area contributed by atoms with E-state index in [0.29, 0.717) is 11.4 Å². The number of hydrogen-bond donors (Lipinski definition) is 3. The van der Waals surface area contributed by atoms with E-state index >= 15 is 0 Å². The van der Waals surface area contributed by atoms with Crippen LogP contribution < -0.4 is 21.1 Å². The molecule has 0 spiro atoms. The third kappa shape index (κ3) is 6.00. The van der Waals surface area contributed by atoms with E-state index in [1.54, 1.807) is 36.4 Å². The Labute approximate surface area is 194 Å². The molecule has 4 aromatic rings. The number of nitrogens with zero attached hydrogens (tertiary/aromatic N) is 2. The van der Waals surface area contributed by atoms with Crippen LogP contribution in [0.15, 0.2) is 84.2 Å². The number of benzene rings is 2. The van der Waals surface area contributed by atoms with Crippen molar-refractivity contribution in [2.75, 3.05) is 10.6 Å². The minimum absolute atomic E-state index is 0.0183. The minimum atomic E-state index is -0.546. The molecule has 2 amide bonds. The summed E-state index contributed by atoms with van der Waals surface area (Å²) >= 11 is 1.48. The Morgan fingerprint density at radius 3 is 2.42 bits per heavy atom. The summed E-state index contributed by atoms with van der Waals surface area (Å²) in [5.41, 5.74) is 8.02. The Morgan fingerprint density at radius 2 is 1.70 bits per heavy atom. The first-order valence-electron chi connectivity index (χ1n) is 10.1. The summed E-state index contributed by atoms with van der Waals surface area (Å²) in [4.78, 5) is 25.7. The number of para-hydroxylation sites is 2. The van der Waals surface area contributed by atoms with Gasteiger partial charge in [0.15, 0.2) is 11.6 Å². The molecule has 166 valence electrons. The predicted molar refractivity (Wildman–Crippen MR) is 128 cm³/mol. The Hall–Kier alpha value is -4.08. The molecule has 4 rings (SSSR count). The predicted octanol–water partition coefficient (Wildman–Crippen LogP) is 4.84. The van der Waals surface area contributed by atoms with Crippen molar-refractivity contribution in [1.29, 1.82) is 0 Å². The second-order valence-corrected chi connectivity index (χ2v) is 8.02. The number of anilines is 2. The van der Waals surface area contributed by atoms with Gasteiger partial charge in [0.1, 0.15) is 0 Å². The summed E-state index contributed by atoms with van der Waals surface area (Å²) in [6.07, 6.45) is 0.0183. The lowest BCUT2D eigenvalue weighted by atomic mass is 10.1. The summed E-state index contributed by atoms with van der Waals surface area (Å²) in [5.74, 6) is 0.0121. The topological polar surface area (TPSA) is 119 Å². The maximum atomic E-state index is 12.5. The maximum Gasteiger partial charge on any atom is 0.325 e. The van der Waals surface area contributed by atoms with Crippen LogP contribution in [0.5, 0.6) is 5.75 Å². The van der Waals surface area contributed by atoms with Crippen molar-refractivity contribution >= 4 is 34.8 Å². The first-order valence-corrected chi connectivity index (χ1v) is 11.0. The number of hydrogen-bond acceptors (Lipinski definition) is 7. The van der Waals surface area contributed by atoms with Crippen molar-refractivity contribution in [3.05, 3.63) is 89.1 Å². The zero-order valence-electron chi connectivity index (χ0n) is 17.5. The van der Waals surface area contributed by atoms with Crippen molar-refractivity contribution in [2.45, 2.75) is 12.5 Å². The fourth-order valence-corrected chi connectivity index (χ4v) is 3.77. The first-order chi connectivity index (χ1) is 16.1. The third-order valence-electron chi connectivity index (χ3n) is 4.63. The molecule has 2 aromatic heterocycles. The molecule has 9 heteroatoms. The van der Waals surface area contributed by atoms with Gasteiger partial charge in [0, 0.05) is 16.5 Å². The van der Waals surface area contributed by atoms with Gasteiger partial charge in [-0.1, -0.05) is 48.5 Å². The van der Waals surface area contributed by atoms with Gasteiger partial charge in [-0.15, -0.1) is 21.5 Å². The van der Waals surface area contributed by atoms with Gasteiger partial charge in [-0.2, -0.15) is 0 Å². The second kappa shape index (κ2) is 10.5. The van der Waals surface area contributed by atoms with Crippen LogP contribution in [0, 0.1) is 0 Å². The number of thiophene rings is 1. The highest BCUT2D eigenvalue weighted by atomic mass is 32.1. The second-order valence-electron chi connectivity index (χ2n) is 7.05. The molecular formula is C24H21N5O3S. The van der Waals surface area contributed by atoms with E-state index in [1.807, 2.05) is 47.8 Å². The molecular weight excluding hydrogens is 438 g/mol. The van der Waals surface area contributed by atoms with Gasteiger partial charge in [-0.05, 0) is 35.7 Å². The number of nitrogens with two attached hydrogens (primary N) is 1. The van der Waals surface area contributed by atoms with E-state index in [-0.39, 0.29) is 18.0 Å². The van der Waals surface area contributed by atoms with Crippen LogP contribution >= 0.6 is 11.3 Å². The number of amides is 2. The molecule has 2 heterocycles. The summed E-state index contributed by atoms with van der Waals surface area (Å²) in [6.45, 7) is 0. The molecule has 0 saturated carbocycles. The normalized spacial score (nSPS) is 11.4. The number of nitrogens with one attached hydrogen (secondary N) is 2. The van der Waals surface area contributed by atoms with Gasteiger partial charge in [0.2, 0.25) is 0 Å². The Bertz CT molecular complexity index is 1210. The standard InChI is InChI=1S/C24H21N5O3S/c25-17(21-11-6-14-33-21)15-23(30)32-20-10-5-4-9-19(20)26-24(31)27-22-13-12-18(28-29-22)16-7-2-1-3-8-16/h1-14,17H,15,25H2,(H2,26,27,29,31). The van der Waals surface area contributed by atoms with Gasteiger partial charge < -0.3 is 15.8 Å². The van der Waals surface area contributed by atoms with Crippen LogP contribution in [0.25, 0.3) is 11.3 Å². The largest absolute Gasteiger partial charge is 0.424 e. The average molecular weight is 460 g/mol. The van der Waals surface area contributed by atoms with E-state index in [4.69, 9.17) is 10.5 Å². The summed E-state index contributed by atoms with van der Waals surface area (Å²) < 4.78 is 5.45. The lowest BCUT2D eigenvalue weighted by molar-refractivity contribution is -0.134. The zero-order valence-corrected chi connectivity index (χ0v) is 18.3. The molecule has 2 aromatic carbocycles. The molecule has 0 radical (unpaired) electrons. The number of urea groups is 1. The molecule has 0 aliphatic carbocycles. The van der Waals surface area contributed by atoms with Gasteiger partial charge in [-0.25, -0.2) is 4.79 Å². The van der Waals surface area contributed by atoms with Crippen LogP contribution in [0.1, 0.15) is 17.3 Å². The highest BCUT2D eigenvalue weighted by Gasteiger charge is 2.17. The zero-order chi connectivity index (χ0) is 23.0. The van der Waals surface area contributed by atoms with Crippen molar-refractivity contribution < 1.29 is 14.3 Å². The van der Waals surface area contributed by atoms with Crippen LogP contribution in [0.3, 0.4) is 0 Å². The summed E-state index contributed by atoms with van der Waals surface area (Å²) in [7, 11) is 0. The van der Waals surface area contributed by atoms with Crippen LogP contribution in [-0.2, 0) is 4.79 Å². The molecule has 8 nitrogen and oxygen atoms in total. The van der Waals surface area contributed by atoms with E-state index < -0.39 is 18.0 Å².